The van der Waals surface area contributed by atoms with Gasteiger partial charge in [-0.15, -0.1) is 0 Å². The largest absolute Gasteiger partial charge is 0.495 e. The average molecular weight is 433 g/mol. The highest BCUT2D eigenvalue weighted by Gasteiger charge is 2.31. The molecule has 1 fully saturated rings. The first kappa shape index (κ1) is 22.6. The molecule has 30 heavy (non-hydrogen) atoms. The lowest BCUT2D eigenvalue weighted by Crippen LogP contribution is -2.43. The van der Waals surface area contributed by atoms with Crippen molar-refractivity contribution in [3.8, 4) is 5.75 Å². The van der Waals surface area contributed by atoms with E-state index in [0.717, 1.165) is 31.5 Å². The Balaban J connectivity index is 1.70. The van der Waals surface area contributed by atoms with Gasteiger partial charge in [-0.2, -0.15) is 0 Å². The number of benzene rings is 2. The summed E-state index contributed by atoms with van der Waals surface area (Å²) < 4.78 is 11.0. The highest BCUT2D eigenvalue weighted by atomic mass is 35.5. The van der Waals surface area contributed by atoms with Crippen LogP contribution in [-0.4, -0.2) is 55.4 Å². The van der Waals surface area contributed by atoms with E-state index in [0.29, 0.717) is 29.5 Å². The van der Waals surface area contributed by atoms with Crippen molar-refractivity contribution in [2.45, 2.75) is 31.4 Å². The van der Waals surface area contributed by atoms with Crippen LogP contribution in [0.25, 0.3) is 0 Å². The van der Waals surface area contributed by atoms with E-state index >= 15 is 0 Å². The fraction of sp³-hybridized carbons (Fsp3) is 0.435. The number of nitrogens with one attached hydrogen (secondary N) is 1. The molecule has 162 valence electrons. The second-order valence-corrected chi connectivity index (χ2v) is 7.74. The number of likely N-dealkylation sites (tertiary alicyclic amines) is 1. The van der Waals surface area contributed by atoms with Gasteiger partial charge in [-0.1, -0.05) is 41.9 Å². The van der Waals surface area contributed by atoms with Gasteiger partial charge in [-0.3, -0.25) is 9.69 Å². The van der Waals surface area contributed by atoms with Crippen LogP contribution in [0.3, 0.4) is 0 Å². The van der Waals surface area contributed by atoms with Crippen LogP contribution in [0.1, 0.15) is 30.9 Å². The van der Waals surface area contributed by atoms with Gasteiger partial charge in [0.05, 0.1) is 18.2 Å². The van der Waals surface area contributed by atoms with E-state index in [-0.39, 0.29) is 18.6 Å². The van der Waals surface area contributed by atoms with Crippen molar-refractivity contribution < 1.29 is 19.4 Å². The molecule has 1 atom stereocenters. The minimum atomic E-state index is -0.398. The van der Waals surface area contributed by atoms with E-state index in [9.17, 15) is 4.79 Å². The Hall–Kier alpha value is -2.12. The predicted octanol–water partition coefficient (Wildman–Crippen LogP) is 3.89. The van der Waals surface area contributed by atoms with E-state index in [1.807, 2.05) is 30.3 Å². The standard InChI is InChI=1S/C23H29ClN2O4/c1-29-21-9-8-18(16-20(21)24)25-23(28)22(17-6-3-2-4-7-17)26-12-10-19(11-13-26)30-15-5-14-27/h2-4,6-9,16,19,22,27H,5,10-15H2,1H3,(H,25,28). The molecule has 6 nitrogen and oxygen atoms in total. The molecule has 0 radical (unpaired) electrons. The number of amides is 1. The Morgan fingerprint density at radius 3 is 2.60 bits per heavy atom. The fourth-order valence-electron chi connectivity index (χ4n) is 3.73. The number of carbonyl (C=O) groups excluding carboxylic acids is 1. The normalized spacial score (nSPS) is 16.2. The van der Waals surface area contributed by atoms with Crippen molar-refractivity contribution >= 4 is 23.2 Å². The molecule has 1 aliphatic rings. The number of halogens is 1. The third-order valence-electron chi connectivity index (χ3n) is 5.28. The summed E-state index contributed by atoms with van der Waals surface area (Å²) in [5, 5.41) is 12.4. The number of aliphatic hydroxyl groups is 1. The van der Waals surface area contributed by atoms with Crippen LogP contribution < -0.4 is 10.1 Å². The highest BCUT2D eigenvalue weighted by molar-refractivity contribution is 6.32. The van der Waals surface area contributed by atoms with Crippen LogP contribution in [0, 0.1) is 0 Å². The number of anilines is 1. The van der Waals surface area contributed by atoms with Gasteiger partial charge in [-0.25, -0.2) is 0 Å². The third-order valence-corrected chi connectivity index (χ3v) is 5.58. The summed E-state index contributed by atoms with van der Waals surface area (Å²) in [6, 6.07) is 14.6. The zero-order chi connectivity index (χ0) is 21.3. The molecule has 1 saturated heterocycles. The number of aliphatic hydroxyl groups excluding tert-OH is 1. The minimum Gasteiger partial charge on any atom is -0.495 e. The molecule has 2 aromatic carbocycles. The number of piperidine rings is 1. The van der Waals surface area contributed by atoms with E-state index in [1.54, 1.807) is 25.3 Å². The van der Waals surface area contributed by atoms with E-state index in [1.165, 1.54) is 0 Å². The van der Waals surface area contributed by atoms with Gasteiger partial charge in [0, 0.05) is 32.0 Å². The summed E-state index contributed by atoms with van der Waals surface area (Å²) in [5.74, 6) is 0.472. The van der Waals surface area contributed by atoms with Gasteiger partial charge >= 0.3 is 0 Å². The Kier molecular flexibility index (Phi) is 8.51. The van der Waals surface area contributed by atoms with Crippen molar-refractivity contribution in [2.75, 3.05) is 38.7 Å². The van der Waals surface area contributed by atoms with Gasteiger partial charge in [0.25, 0.3) is 0 Å². The van der Waals surface area contributed by atoms with Crippen LogP contribution in [0.2, 0.25) is 5.02 Å². The van der Waals surface area contributed by atoms with E-state index in [4.69, 9.17) is 26.2 Å². The monoisotopic (exact) mass is 432 g/mol. The molecule has 2 N–H and O–H groups in total. The SMILES string of the molecule is COc1ccc(NC(=O)C(c2ccccc2)N2CCC(OCCCO)CC2)cc1Cl. The maximum atomic E-state index is 13.3. The van der Waals surface area contributed by atoms with Gasteiger partial charge in [0.2, 0.25) is 5.91 Å². The lowest BCUT2D eigenvalue weighted by Gasteiger charge is -2.37. The number of carbonyl (C=O) groups is 1. The summed E-state index contributed by atoms with van der Waals surface area (Å²) in [7, 11) is 1.56. The molecule has 1 amide bonds. The molecular formula is C23H29ClN2O4. The molecule has 0 saturated carbocycles. The lowest BCUT2D eigenvalue weighted by molar-refractivity contribution is -0.122. The van der Waals surface area contributed by atoms with Crippen LogP contribution in [0.4, 0.5) is 5.69 Å². The van der Waals surface area contributed by atoms with Crippen LogP contribution >= 0.6 is 11.6 Å². The summed E-state index contributed by atoms with van der Waals surface area (Å²) in [4.78, 5) is 15.5. The number of hydrogen-bond acceptors (Lipinski definition) is 5. The summed E-state index contributed by atoms with van der Waals surface area (Å²) in [5.41, 5.74) is 1.59. The maximum Gasteiger partial charge on any atom is 0.246 e. The van der Waals surface area contributed by atoms with Gasteiger partial charge in [-0.05, 0) is 43.0 Å². The molecule has 1 aliphatic heterocycles. The van der Waals surface area contributed by atoms with Gasteiger partial charge in [0.1, 0.15) is 11.8 Å². The molecule has 0 spiro atoms. The molecule has 2 aromatic rings. The van der Waals surface area contributed by atoms with Crippen LogP contribution in [0.15, 0.2) is 48.5 Å². The quantitative estimate of drug-likeness (QED) is 0.588. The average Bonchev–Trinajstić information content (AvgIpc) is 2.76. The first-order valence-electron chi connectivity index (χ1n) is 10.3. The third kappa shape index (κ3) is 5.95. The number of nitrogens with zero attached hydrogens (tertiary/aromatic N) is 1. The zero-order valence-electron chi connectivity index (χ0n) is 17.2. The van der Waals surface area contributed by atoms with Crippen molar-refractivity contribution in [3.05, 3.63) is 59.1 Å². The van der Waals surface area contributed by atoms with E-state index < -0.39 is 6.04 Å². The van der Waals surface area contributed by atoms with Gasteiger partial charge in [0.15, 0.2) is 0 Å². The predicted molar refractivity (Wildman–Crippen MR) is 118 cm³/mol. The zero-order valence-corrected chi connectivity index (χ0v) is 18.0. The van der Waals surface area contributed by atoms with Crippen molar-refractivity contribution in [3.63, 3.8) is 0 Å². The van der Waals surface area contributed by atoms with Crippen molar-refractivity contribution in [1.29, 1.82) is 0 Å². The number of ether oxygens (including phenoxy) is 2. The molecule has 3 rings (SSSR count). The summed E-state index contributed by atoms with van der Waals surface area (Å²) >= 11 is 6.21. The second-order valence-electron chi connectivity index (χ2n) is 7.34. The molecule has 0 aromatic heterocycles. The van der Waals surface area contributed by atoms with Crippen molar-refractivity contribution in [2.24, 2.45) is 0 Å². The second kappa shape index (κ2) is 11.3. The lowest BCUT2D eigenvalue weighted by atomic mass is 9.99. The van der Waals surface area contributed by atoms with Crippen LogP contribution in [-0.2, 0) is 9.53 Å². The minimum absolute atomic E-state index is 0.0953. The van der Waals surface area contributed by atoms with Crippen LogP contribution in [0.5, 0.6) is 5.75 Å². The summed E-state index contributed by atoms with van der Waals surface area (Å²) in [6.07, 6.45) is 2.54. The Morgan fingerprint density at radius 1 is 1.23 bits per heavy atom. The Morgan fingerprint density at radius 2 is 1.97 bits per heavy atom. The first-order chi connectivity index (χ1) is 14.6. The summed E-state index contributed by atoms with van der Waals surface area (Å²) in [6.45, 7) is 2.24. The first-order valence-corrected chi connectivity index (χ1v) is 10.7. The topological polar surface area (TPSA) is 71.0 Å². The smallest absolute Gasteiger partial charge is 0.246 e. The molecule has 1 heterocycles. The molecular weight excluding hydrogens is 404 g/mol. The fourth-order valence-corrected chi connectivity index (χ4v) is 3.99. The Bertz CT molecular complexity index is 810. The molecule has 7 heteroatoms. The maximum absolute atomic E-state index is 13.3. The molecule has 0 aliphatic carbocycles. The molecule has 1 unspecified atom stereocenters. The Labute approximate surface area is 182 Å². The number of rotatable bonds is 9. The highest BCUT2D eigenvalue weighted by Crippen LogP contribution is 2.30. The number of methoxy groups -OCH3 is 1. The number of hydrogen-bond donors (Lipinski definition) is 2. The van der Waals surface area contributed by atoms with Crippen molar-refractivity contribution in [1.82, 2.24) is 4.90 Å². The van der Waals surface area contributed by atoms with E-state index in [2.05, 4.69) is 10.2 Å². The van der Waals surface area contributed by atoms with Gasteiger partial charge < -0.3 is 19.9 Å². The molecule has 0 bridgehead atoms.